The van der Waals surface area contributed by atoms with Crippen LogP contribution in [0.2, 0.25) is 0 Å². The molecule has 8 aromatic carbocycles. The largest absolute Gasteiger partial charge is 0.455 e. The standard InChI is InChI=1S/C67H62BN3O/c1-14-49(65-44(7)50-22-16-18-25-61(50)72-65)45-32-42(5)64(43(6)33-45)71-58-38-56-52(51-23-15-17-24-55(51)70(56)63-40(3)20-19-21-41(63)4)37-54(58)68-53-31-28-46(66(8,9)10)34-57(53)69(48-29-26-39(2)27-30-48)59-35-47(67(11,12)13)36-60(71)62(59)68/h14-38H,1,7H2,2-6,8-13H3/b65-49-. The molecule has 0 unspecified atom stereocenters. The predicted molar refractivity (Wildman–Crippen MR) is 310 cm³/mol. The molecular weight excluding hydrogens is 874 g/mol. The zero-order valence-corrected chi connectivity index (χ0v) is 43.7. The first kappa shape index (κ1) is 45.4. The number of anilines is 6. The van der Waals surface area contributed by atoms with E-state index in [2.05, 4.69) is 231 Å². The van der Waals surface area contributed by atoms with Crippen LogP contribution in [0.5, 0.6) is 0 Å². The molecule has 0 spiro atoms. The maximum absolute atomic E-state index is 6.56. The van der Waals surface area contributed by atoms with Gasteiger partial charge in [0.05, 0.1) is 22.4 Å². The molecule has 5 heteroatoms. The summed E-state index contributed by atoms with van der Waals surface area (Å²) in [6, 6.07) is 55.0. The highest BCUT2D eigenvalue weighted by molar-refractivity contribution is 7.00. The fourth-order valence-electron chi connectivity index (χ4n) is 12.1. The summed E-state index contributed by atoms with van der Waals surface area (Å²) >= 11 is 0. The molecule has 0 fully saturated rings. The molecule has 4 nitrogen and oxygen atoms in total. The van der Waals surface area contributed by atoms with E-state index in [4.69, 9.17) is 4.42 Å². The highest BCUT2D eigenvalue weighted by atomic mass is 16.3. The minimum absolute atomic E-state index is 0.0562. The van der Waals surface area contributed by atoms with Gasteiger partial charge in [0, 0.05) is 55.4 Å². The summed E-state index contributed by atoms with van der Waals surface area (Å²) in [4.78, 5) is 5.20. The van der Waals surface area contributed by atoms with Crippen molar-refractivity contribution in [1.82, 2.24) is 4.57 Å². The summed E-state index contributed by atoms with van der Waals surface area (Å²) in [7, 11) is 0. The minimum atomic E-state index is -0.168. The molecule has 0 atom stereocenters. The third kappa shape index (κ3) is 6.80. The average Bonchev–Trinajstić information content (AvgIpc) is 3.84. The Morgan fingerprint density at radius 3 is 1.79 bits per heavy atom. The van der Waals surface area contributed by atoms with Crippen LogP contribution in [-0.4, -0.2) is 11.3 Å². The van der Waals surface area contributed by atoms with Gasteiger partial charge in [-0.3, -0.25) is 0 Å². The number of benzene rings is 8. The molecule has 4 heterocycles. The van der Waals surface area contributed by atoms with Crippen LogP contribution in [0, 0.1) is 34.6 Å². The molecule has 2 aliphatic heterocycles. The maximum Gasteiger partial charge on any atom is 0.252 e. The van der Waals surface area contributed by atoms with Gasteiger partial charge in [-0.1, -0.05) is 151 Å². The summed E-state index contributed by atoms with van der Waals surface area (Å²) in [5, 5.41) is 4.39. The van der Waals surface area contributed by atoms with E-state index in [0.717, 1.165) is 49.6 Å². The molecule has 2 aliphatic rings. The number of allylic oxidation sites excluding steroid dienone is 1. The third-order valence-electron chi connectivity index (χ3n) is 15.7. The molecule has 0 radical (unpaired) electrons. The van der Waals surface area contributed by atoms with Crippen LogP contribution in [0.1, 0.15) is 86.1 Å². The summed E-state index contributed by atoms with van der Waals surface area (Å²) in [5.74, 6) is 0. The van der Waals surface area contributed by atoms with E-state index in [-0.39, 0.29) is 17.5 Å². The smallest absolute Gasteiger partial charge is 0.252 e. The number of nitrogens with zero attached hydrogens (tertiary/aromatic N) is 3. The Morgan fingerprint density at radius 1 is 0.528 bits per heavy atom. The first-order chi connectivity index (χ1) is 34.4. The number of furan rings is 1. The van der Waals surface area contributed by atoms with Gasteiger partial charge in [-0.2, -0.15) is 0 Å². The Kier molecular flexibility index (Phi) is 10.2. The van der Waals surface area contributed by atoms with Gasteiger partial charge >= 0.3 is 0 Å². The van der Waals surface area contributed by atoms with Gasteiger partial charge in [0.2, 0.25) is 0 Å². The van der Waals surface area contributed by atoms with Crippen molar-refractivity contribution in [3.8, 4) is 5.69 Å². The number of aromatic nitrogens is 1. The molecule has 0 saturated carbocycles. The average molecular weight is 936 g/mol. The van der Waals surface area contributed by atoms with E-state index in [1.807, 2.05) is 24.3 Å². The number of rotatable bonds is 5. The molecule has 2 aromatic heterocycles. The molecule has 72 heavy (non-hydrogen) atoms. The van der Waals surface area contributed by atoms with E-state index < -0.39 is 0 Å². The molecule has 0 bridgehead atoms. The summed E-state index contributed by atoms with van der Waals surface area (Å²) in [6.07, 6.45) is 1.93. The lowest BCUT2D eigenvalue weighted by atomic mass is 9.33. The lowest BCUT2D eigenvalue weighted by molar-refractivity contribution is 0.573. The number of aryl methyl sites for hydroxylation is 5. The summed E-state index contributed by atoms with van der Waals surface area (Å²) < 4.78 is 9.09. The van der Waals surface area contributed by atoms with E-state index in [9.17, 15) is 0 Å². The van der Waals surface area contributed by atoms with Crippen LogP contribution >= 0.6 is 0 Å². The molecule has 0 aliphatic carbocycles. The zero-order chi connectivity index (χ0) is 50.3. The van der Waals surface area contributed by atoms with Gasteiger partial charge in [0.25, 0.3) is 6.71 Å². The van der Waals surface area contributed by atoms with Gasteiger partial charge in [0.15, 0.2) is 0 Å². The molecular formula is C67H62BN3O. The van der Waals surface area contributed by atoms with Crippen molar-refractivity contribution in [2.24, 2.45) is 0 Å². The normalized spacial score (nSPS) is 13.7. The number of para-hydroxylation sites is 3. The molecule has 10 aromatic rings. The van der Waals surface area contributed by atoms with Gasteiger partial charge < -0.3 is 18.8 Å². The fraction of sp³-hybridized carbons (Fsp3) is 0.194. The van der Waals surface area contributed by atoms with Gasteiger partial charge in [-0.25, -0.2) is 0 Å². The Balaban J connectivity index is 1.23. The summed E-state index contributed by atoms with van der Waals surface area (Å²) in [5.41, 5.74) is 26.7. The van der Waals surface area contributed by atoms with Crippen LogP contribution in [0.15, 0.2) is 163 Å². The van der Waals surface area contributed by atoms with Crippen molar-refractivity contribution in [2.45, 2.75) is 87.0 Å². The van der Waals surface area contributed by atoms with Crippen molar-refractivity contribution in [3.63, 3.8) is 0 Å². The highest BCUT2D eigenvalue weighted by Crippen LogP contribution is 2.49. The Hall–Kier alpha value is -7.76. The SMILES string of the molecule is C=C/C(c1cc(C)c(N2c3cc4c(cc3B3c5ccc(C(C)(C)C)cc5N(c5ccc(C)cc5)c5cc(C(C)(C)C)cc2c53)c2ccccc2n4-c2c(C)cccc2C)c(C)c1)=c1/oc2ccccc2c1=C. The molecule has 12 rings (SSSR count). The van der Waals surface area contributed by atoms with Crippen LogP contribution in [0.4, 0.5) is 34.1 Å². The third-order valence-corrected chi connectivity index (χ3v) is 15.7. The van der Waals surface area contributed by atoms with Crippen LogP contribution in [-0.2, 0) is 10.8 Å². The Labute approximate surface area is 424 Å². The second-order valence-corrected chi connectivity index (χ2v) is 22.6. The lowest BCUT2D eigenvalue weighted by Gasteiger charge is -2.46. The minimum Gasteiger partial charge on any atom is -0.455 e. The topological polar surface area (TPSA) is 24.6 Å². The Bertz CT molecular complexity index is 4010. The monoisotopic (exact) mass is 935 g/mol. The number of hydrogen-bond donors (Lipinski definition) is 0. The van der Waals surface area contributed by atoms with Crippen molar-refractivity contribution < 1.29 is 4.42 Å². The van der Waals surface area contributed by atoms with Crippen molar-refractivity contribution in [1.29, 1.82) is 0 Å². The first-order valence-electron chi connectivity index (χ1n) is 25.5. The van der Waals surface area contributed by atoms with Crippen molar-refractivity contribution in [3.05, 3.63) is 213 Å². The fourth-order valence-corrected chi connectivity index (χ4v) is 12.1. The van der Waals surface area contributed by atoms with Crippen molar-refractivity contribution in [2.75, 3.05) is 9.80 Å². The van der Waals surface area contributed by atoms with E-state index in [0.29, 0.717) is 0 Å². The molecule has 0 saturated heterocycles. The first-order valence-corrected chi connectivity index (χ1v) is 25.5. The predicted octanol–water partition coefficient (Wildman–Crippen LogP) is 14.5. The molecule has 0 amide bonds. The van der Waals surface area contributed by atoms with Gasteiger partial charge in [-0.05, 0) is 161 Å². The van der Waals surface area contributed by atoms with Gasteiger partial charge in [-0.15, -0.1) is 0 Å². The number of fused-ring (bicyclic) bond motifs is 8. The summed E-state index contributed by atoms with van der Waals surface area (Å²) in [6.45, 7) is 34.1. The second kappa shape index (κ2) is 16.1. The van der Waals surface area contributed by atoms with E-state index >= 15 is 0 Å². The van der Waals surface area contributed by atoms with Gasteiger partial charge in [0.1, 0.15) is 11.0 Å². The molecule has 0 N–H and O–H groups in total. The number of hydrogen-bond acceptors (Lipinski definition) is 3. The van der Waals surface area contributed by atoms with Crippen LogP contribution < -0.4 is 36.8 Å². The van der Waals surface area contributed by atoms with Crippen LogP contribution in [0.25, 0.3) is 50.6 Å². The quantitative estimate of drug-likeness (QED) is 0.161. The lowest BCUT2D eigenvalue weighted by Crippen LogP contribution is -2.61. The van der Waals surface area contributed by atoms with Crippen LogP contribution in [0.3, 0.4) is 0 Å². The Morgan fingerprint density at radius 2 is 1.14 bits per heavy atom. The van der Waals surface area contributed by atoms with E-state index in [1.54, 1.807) is 0 Å². The highest BCUT2D eigenvalue weighted by Gasteiger charge is 2.45. The zero-order valence-electron chi connectivity index (χ0n) is 43.7. The van der Waals surface area contributed by atoms with Crippen molar-refractivity contribution >= 4 is 102 Å². The maximum atomic E-state index is 6.56. The molecule has 354 valence electrons. The second-order valence-electron chi connectivity index (χ2n) is 22.6. The van der Waals surface area contributed by atoms with E-state index in [1.165, 1.54) is 100 Å².